The third kappa shape index (κ3) is 11.3. The molecule has 0 saturated carbocycles. The first-order valence-electron chi connectivity index (χ1n) is 7.19. The molecule has 0 amide bonds. The van der Waals surface area contributed by atoms with Crippen molar-refractivity contribution in [2.24, 2.45) is 0 Å². The summed E-state index contributed by atoms with van der Waals surface area (Å²) < 4.78 is 21.7. The van der Waals surface area contributed by atoms with E-state index in [0.29, 0.717) is 5.69 Å². The van der Waals surface area contributed by atoms with Crippen LogP contribution in [0.3, 0.4) is 0 Å². The van der Waals surface area contributed by atoms with Gasteiger partial charge in [0.05, 0.1) is 14.2 Å². The van der Waals surface area contributed by atoms with Gasteiger partial charge in [0, 0.05) is 18.1 Å². The third-order valence-corrected chi connectivity index (χ3v) is 3.03. The zero-order valence-corrected chi connectivity index (χ0v) is 16.0. The van der Waals surface area contributed by atoms with Crippen LogP contribution in [0.1, 0.15) is 27.3 Å². The fourth-order valence-corrected chi connectivity index (χ4v) is 1.39. The van der Waals surface area contributed by atoms with Crippen molar-refractivity contribution in [2.75, 3.05) is 14.2 Å². The van der Waals surface area contributed by atoms with Crippen LogP contribution in [0.2, 0.25) is 0 Å². The summed E-state index contributed by atoms with van der Waals surface area (Å²) in [6.45, 7) is 5.93. The molecule has 0 aliphatic heterocycles. The van der Waals surface area contributed by atoms with E-state index in [1.54, 1.807) is 12.3 Å². The van der Waals surface area contributed by atoms with E-state index in [-0.39, 0.29) is 0 Å². The lowest BCUT2D eigenvalue weighted by molar-refractivity contribution is -0.437. The van der Waals surface area contributed by atoms with Crippen LogP contribution < -0.4 is 0 Å². The van der Waals surface area contributed by atoms with Gasteiger partial charge in [-0.2, -0.15) is 4.21 Å². The SMILES string of the molecule is COC(=O)c1ccc(C)cn1.COS(=O)OOO.Cc1ccc(C)nc1. The molecule has 26 heavy (non-hydrogen) atoms. The number of aromatic nitrogens is 2. The Bertz CT molecular complexity index is 642. The van der Waals surface area contributed by atoms with Crippen molar-refractivity contribution in [1.82, 2.24) is 9.97 Å². The van der Waals surface area contributed by atoms with Crippen LogP contribution in [-0.2, 0) is 29.7 Å². The average molecular weight is 386 g/mol. The molecule has 0 fully saturated rings. The van der Waals surface area contributed by atoms with Crippen LogP contribution in [0.15, 0.2) is 36.7 Å². The molecular weight excluding hydrogens is 364 g/mol. The highest BCUT2D eigenvalue weighted by atomic mass is 32.2. The van der Waals surface area contributed by atoms with Crippen LogP contribution in [-0.4, -0.2) is 39.6 Å². The molecule has 10 heteroatoms. The quantitative estimate of drug-likeness (QED) is 0.480. The van der Waals surface area contributed by atoms with Gasteiger partial charge < -0.3 is 4.74 Å². The largest absolute Gasteiger partial charge is 0.464 e. The summed E-state index contributed by atoms with van der Waals surface area (Å²) in [6.07, 6.45) is 3.50. The lowest BCUT2D eigenvalue weighted by atomic mass is 10.3. The number of nitrogens with zero attached hydrogens (tertiary/aromatic N) is 2. The minimum absolute atomic E-state index is 0.345. The highest BCUT2D eigenvalue weighted by Gasteiger charge is 2.04. The second-order valence-corrected chi connectivity index (χ2v) is 5.58. The van der Waals surface area contributed by atoms with Crippen molar-refractivity contribution in [3.8, 4) is 0 Å². The highest BCUT2D eigenvalue weighted by Crippen LogP contribution is 1.99. The second kappa shape index (κ2) is 14.0. The third-order valence-electron chi connectivity index (χ3n) is 2.59. The fraction of sp³-hybridized carbons (Fsp3) is 0.312. The Morgan fingerprint density at radius 2 is 1.58 bits per heavy atom. The van der Waals surface area contributed by atoms with Crippen molar-refractivity contribution in [3.05, 3.63) is 59.2 Å². The molecule has 0 bridgehead atoms. The molecule has 144 valence electrons. The molecule has 0 saturated heterocycles. The zero-order chi connectivity index (χ0) is 19.9. The van der Waals surface area contributed by atoms with Crippen molar-refractivity contribution in [3.63, 3.8) is 0 Å². The first-order valence-corrected chi connectivity index (χ1v) is 8.19. The minimum atomic E-state index is -2.00. The molecule has 1 unspecified atom stereocenters. The summed E-state index contributed by atoms with van der Waals surface area (Å²) in [6, 6.07) is 7.53. The lowest BCUT2D eigenvalue weighted by Crippen LogP contribution is -2.03. The number of methoxy groups -OCH3 is 1. The maximum Gasteiger partial charge on any atom is 0.356 e. The molecule has 2 rings (SSSR count). The normalized spacial score (nSPS) is 10.5. The average Bonchev–Trinajstić information content (AvgIpc) is 2.65. The Morgan fingerprint density at radius 1 is 1.00 bits per heavy atom. The van der Waals surface area contributed by atoms with E-state index in [1.807, 2.05) is 39.1 Å². The van der Waals surface area contributed by atoms with Crippen molar-refractivity contribution in [2.45, 2.75) is 20.8 Å². The van der Waals surface area contributed by atoms with Crippen molar-refractivity contribution >= 4 is 17.3 Å². The summed E-state index contributed by atoms with van der Waals surface area (Å²) >= 11 is -2.00. The Kier molecular flexibility index (Phi) is 12.8. The van der Waals surface area contributed by atoms with E-state index in [2.05, 4.69) is 34.3 Å². The zero-order valence-electron chi connectivity index (χ0n) is 15.2. The molecule has 0 aliphatic carbocycles. The molecule has 0 aliphatic rings. The number of hydrogen-bond acceptors (Lipinski definition) is 9. The first-order chi connectivity index (χ1) is 12.3. The molecule has 1 N–H and O–H groups in total. The van der Waals surface area contributed by atoms with Gasteiger partial charge in [0.1, 0.15) is 5.69 Å². The Morgan fingerprint density at radius 3 is 1.88 bits per heavy atom. The minimum Gasteiger partial charge on any atom is -0.464 e. The highest BCUT2D eigenvalue weighted by molar-refractivity contribution is 7.75. The van der Waals surface area contributed by atoms with Gasteiger partial charge in [0.15, 0.2) is 0 Å². The summed E-state index contributed by atoms with van der Waals surface area (Å²) in [7, 11) is 2.47. The summed E-state index contributed by atoms with van der Waals surface area (Å²) in [5, 5.41) is 10.3. The van der Waals surface area contributed by atoms with Gasteiger partial charge in [-0.15, -0.1) is 0 Å². The molecule has 9 nitrogen and oxygen atoms in total. The Labute approximate surface area is 154 Å². The van der Waals surface area contributed by atoms with E-state index >= 15 is 0 Å². The van der Waals surface area contributed by atoms with Crippen LogP contribution in [0.4, 0.5) is 0 Å². The predicted molar refractivity (Wildman–Crippen MR) is 94.0 cm³/mol. The van der Waals surface area contributed by atoms with E-state index in [9.17, 15) is 9.00 Å². The second-order valence-electron chi connectivity index (χ2n) is 4.70. The van der Waals surface area contributed by atoms with Gasteiger partial charge in [-0.05, 0) is 44.0 Å². The number of ether oxygens (including phenoxy) is 1. The van der Waals surface area contributed by atoms with E-state index in [1.165, 1.54) is 12.7 Å². The summed E-state index contributed by atoms with van der Waals surface area (Å²) in [5.74, 6) is -0.398. The Hall–Kier alpha value is -2.24. The van der Waals surface area contributed by atoms with Crippen LogP contribution in [0.25, 0.3) is 0 Å². The predicted octanol–water partition coefficient (Wildman–Crippen LogP) is 2.51. The lowest BCUT2D eigenvalue weighted by Gasteiger charge is -1.96. The number of rotatable bonds is 4. The van der Waals surface area contributed by atoms with Gasteiger partial charge in [-0.3, -0.25) is 9.17 Å². The number of pyridine rings is 2. The number of carbonyl (C=O) groups is 1. The van der Waals surface area contributed by atoms with Crippen molar-refractivity contribution < 1.29 is 32.6 Å². The van der Waals surface area contributed by atoms with Gasteiger partial charge in [-0.25, -0.2) is 15.0 Å². The van der Waals surface area contributed by atoms with Gasteiger partial charge in [-0.1, -0.05) is 21.5 Å². The molecule has 1 atom stereocenters. The summed E-state index contributed by atoms with van der Waals surface area (Å²) in [4.78, 5) is 18.8. The Balaban J connectivity index is 0.000000373. The number of esters is 1. The molecule has 0 aromatic carbocycles. The van der Waals surface area contributed by atoms with Gasteiger partial charge in [0.2, 0.25) is 0 Å². The van der Waals surface area contributed by atoms with Gasteiger partial charge >= 0.3 is 17.3 Å². The van der Waals surface area contributed by atoms with E-state index < -0.39 is 17.3 Å². The van der Waals surface area contributed by atoms with Gasteiger partial charge in [0.25, 0.3) is 0 Å². The number of hydrogen-bond donors (Lipinski definition) is 1. The molecule has 0 spiro atoms. The van der Waals surface area contributed by atoms with E-state index in [4.69, 9.17) is 5.26 Å². The smallest absolute Gasteiger partial charge is 0.356 e. The number of aryl methyl sites for hydroxylation is 3. The van der Waals surface area contributed by atoms with Crippen LogP contribution in [0, 0.1) is 20.8 Å². The molecule has 2 aromatic rings. The number of carbonyl (C=O) groups excluding carboxylic acids is 1. The topological polar surface area (TPSA) is 117 Å². The van der Waals surface area contributed by atoms with Crippen LogP contribution in [0.5, 0.6) is 0 Å². The van der Waals surface area contributed by atoms with E-state index in [0.717, 1.165) is 18.4 Å². The maximum absolute atomic E-state index is 10.8. The maximum atomic E-state index is 10.8. The molecule has 2 heterocycles. The summed E-state index contributed by atoms with van der Waals surface area (Å²) in [5.41, 5.74) is 3.67. The van der Waals surface area contributed by atoms with Crippen molar-refractivity contribution in [1.29, 1.82) is 0 Å². The standard InChI is InChI=1S/C8H9NO2.C7H9N.CH4O5S/c1-6-3-4-7(9-5-6)8(10)11-2;1-6-3-4-7(2)8-5-6;1-4-7(3)6-5-2/h3-5H,1-2H3;3-5H,1-2H3;2H,1H3. The molecule has 2 aromatic heterocycles. The fourth-order valence-electron chi connectivity index (χ4n) is 1.29. The molecule has 0 radical (unpaired) electrons. The molecular formula is C16H22N2O7S. The van der Waals surface area contributed by atoms with Crippen LogP contribution >= 0.6 is 0 Å². The monoisotopic (exact) mass is 386 g/mol. The first kappa shape index (κ1) is 23.8.